The van der Waals surface area contributed by atoms with Crippen molar-refractivity contribution in [3.8, 4) is 11.5 Å². The van der Waals surface area contributed by atoms with Crippen molar-refractivity contribution in [3.05, 3.63) is 51.5 Å². The molecule has 0 aliphatic carbocycles. The molecule has 0 aliphatic heterocycles. The molecule has 5 nitrogen and oxygen atoms in total. The molecule has 0 fully saturated rings. The van der Waals surface area contributed by atoms with E-state index in [0.29, 0.717) is 18.0 Å². The van der Waals surface area contributed by atoms with Crippen LogP contribution < -0.4 is 14.8 Å². The number of rotatable bonds is 6. The van der Waals surface area contributed by atoms with E-state index in [-0.39, 0.29) is 5.56 Å². The number of anilines is 1. The van der Waals surface area contributed by atoms with Gasteiger partial charge in [0, 0.05) is 22.3 Å². The number of ether oxygens (including phenoxy) is 2. The summed E-state index contributed by atoms with van der Waals surface area (Å²) in [5.74, 6) is 0.386. The predicted molar refractivity (Wildman–Crippen MR) is 92.7 cm³/mol. The van der Waals surface area contributed by atoms with Gasteiger partial charge in [-0.25, -0.2) is 4.79 Å². The van der Waals surface area contributed by atoms with Crippen LogP contribution in [0.15, 0.2) is 34.8 Å². The number of halogens is 1. The first kappa shape index (κ1) is 17.1. The number of hydrogen-bond donors (Lipinski definition) is 2. The van der Waals surface area contributed by atoms with Crippen LogP contribution in [-0.2, 0) is 6.54 Å². The van der Waals surface area contributed by atoms with Gasteiger partial charge >= 0.3 is 5.97 Å². The summed E-state index contributed by atoms with van der Waals surface area (Å²) in [5, 5.41) is 12.3. The van der Waals surface area contributed by atoms with Gasteiger partial charge in [0.05, 0.1) is 19.8 Å². The highest BCUT2D eigenvalue weighted by Crippen LogP contribution is 2.36. The van der Waals surface area contributed by atoms with Gasteiger partial charge in [-0.2, -0.15) is 0 Å². The van der Waals surface area contributed by atoms with E-state index < -0.39 is 5.97 Å². The zero-order valence-electron chi connectivity index (χ0n) is 13.1. The zero-order chi connectivity index (χ0) is 17.0. The Morgan fingerprint density at radius 2 is 1.96 bits per heavy atom. The smallest absolute Gasteiger partial charge is 0.335 e. The Kier molecular flexibility index (Phi) is 5.50. The van der Waals surface area contributed by atoms with Crippen molar-refractivity contribution in [1.29, 1.82) is 0 Å². The van der Waals surface area contributed by atoms with Crippen LogP contribution >= 0.6 is 15.9 Å². The van der Waals surface area contributed by atoms with Crippen LogP contribution in [-0.4, -0.2) is 25.3 Å². The SMILES string of the molecule is COc1ccc(Br)c(CNc2ccc(C(=O)O)cc2C)c1OC. The van der Waals surface area contributed by atoms with Gasteiger partial charge in [0.2, 0.25) is 0 Å². The third kappa shape index (κ3) is 3.76. The van der Waals surface area contributed by atoms with Crippen LogP contribution in [0.2, 0.25) is 0 Å². The van der Waals surface area contributed by atoms with Crippen LogP contribution in [0.25, 0.3) is 0 Å². The van der Waals surface area contributed by atoms with Gasteiger partial charge in [-0.3, -0.25) is 0 Å². The minimum absolute atomic E-state index is 0.271. The van der Waals surface area contributed by atoms with Gasteiger partial charge < -0.3 is 19.9 Å². The molecule has 2 N–H and O–H groups in total. The lowest BCUT2D eigenvalue weighted by Gasteiger charge is -2.16. The topological polar surface area (TPSA) is 67.8 Å². The molecule has 0 heterocycles. The van der Waals surface area contributed by atoms with E-state index in [1.165, 1.54) is 0 Å². The van der Waals surface area contributed by atoms with E-state index in [1.807, 2.05) is 19.1 Å². The van der Waals surface area contributed by atoms with Gasteiger partial charge in [-0.15, -0.1) is 0 Å². The summed E-state index contributed by atoms with van der Waals surface area (Å²) >= 11 is 3.52. The van der Waals surface area contributed by atoms with E-state index in [0.717, 1.165) is 21.3 Å². The molecule has 2 aromatic carbocycles. The summed E-state index contributed by atoms with van der Waals surface area (Å²) in [6, 6.07) is 8.72. The van der Waals surface area contributed by atoms with Crippen LogP contribution in [0.5, 0.6) is 11.5 Å². The number of carbonyl (C=O) groups is 1. The molecule has 6 heteroatoms. The summed E-state index contributed by atoms with van der Waals surface area (Å²) in [6.45, 7) is 2.38. The van der Waals surface area contributed by atoms with Gasteiger partial charge in [-0.1, -0.05) is 15.9 Å². The molecule has 0 atom stereocenters. The first-order chi connectivity index (χ1) is 11.0. The van der Waals surface area contributed by atoms with Crippen LogP contribution in [0.3, 0.4) is 0 Å². The lowest BCUT2D eigenvalue weighted by Crippen LogP contribution is -2.06. The fraction of sp³-hybridized carbons (Fsp3) is 0.235. The molecule has 122 valence electrons. The molecule has 0 amide bonds. The fourth-order valence-corrected chi connectivity index (χ4v) is 2.76. The molecule has 0 saturated carbocycles. The number of methoxy groups -OCH3 is 2. The van der Waals surface area contributed by atoms with Crippen molar-refractivity contribution in [2.45, 2.75) is 13.5 Å². The molecular weight excluding hydrogens is 362 g/mol. The van der Waals surface area contributed by atoms with E-state index in [9.17, 15) is 4.79 Å². The number of benzene rings is 2. The first-order valence-corrected chi connectivity index (χ1v) is 7.74. The molecule has 0 saturated heterocycles. The molecule has 23 heavy (non-hydrogen) atoms. The Hall–Kier alpha value is -2.21. The summed E-state index contributed by atoms with van der Waals surface area (Å²) in [6.07, 6.45) is 0. The van der Waals surface area contributed by atoms with Crippen molar-refractivity contribution in [1.82, 2.24) is 0 Å². The summed E-state index contributed by atoms with van der Waals surface area (Å²) < 4.78 is 11.7. The monoisotopic (exact) mass is 379 g/mol. The third-order valence-electron chi connectivity index (χ3n) is 3.52. The lowest BCUT2D eigenvalue weighted by atomic mass is 10.1. The predicted octanol–water partition coefficient (Wildman–Crippen LogP) is 4.09. The second kappa shape index (κ2) is 7.37. The molecule has 0 aliphatic rings. The Balaban J connectivity index is 2.26. The Morgan fingerprint density at radius 1 is 1.22 bits per heavy atom. The van der Waals surface area contributed by atoms with Gasteiger partial charge in [0.1, 0.15) is 0 Å². The highest BCUT2D eigenvalue weighted by molar-refractivity contribution is 9.10. The number of aryl methyl sites for hydroxylation is 1. The largest absolute Gasteiger partial charge is 0.493 e. The van der Waals surface area contributed by atoms with Crippen molar-refractivity contribution >= 4 is 27.6 Å². The Labute approximate surface area is 143 Å². The number of aromatic carboxylic acids is 1. The highest BCUT2D eigenvalue weighted by Gasteiger charge is 2.14. The normalized spacial score (nSPS) is 10.3. The van der Waals surface area contributed by atoms with E-state index >= 15 is 0 Å². The lowest BCUT2D eigenvalue weighted by molar-refractivity contribution is 0.0697. The molecular formula is C17H18BrNO4. The number of carboxylic acids is 1. The quantitative estimate of drug-likeness (QED) is 0.790. The molecule has 2 rings (SSSR count). The van der Waals surface area contributed by atoms with Gasteiger partial charge in [0.15, 0.2) is 11.5 Å². The standard InChI is InChI=1S/C17H18BrNO4/c1-10-8-11(17(20)21)4-6-14(10)19-9-12-13(18)5-7-15(22-2)16(12)23-3/h4-8,19H,9H2,1-3H3,(H,20,21). The van der Waals surface area contributed by atoms with E-state index in [4.69, 9.17) is 14.6 Å². The minimum Gasteiger partial charge on any atom is -0.493 e. The maximum absolute atomic E-state index is 11.0. The molecule has 0 unspecified atom stereocenters. The Bertz CT molecular complexity index is 731. The van der Waals surface area contributed by atoms with Gasteiger partial charge in [0.25, 0.3) is 0 Å². The Morgan fingerprint density at radius 3 is 2.52 bits per heavy atom. The van der Waals surface area contributed by atoms with Crippen LogP contribution in [0.4, 0.5) is 5.69 Å². The molecule has 0 bridgehead atoms. The average molecular weight is 380 g/mol. The van der Waals surface area contributed by atoms with Crippen molar-refractivity contribution in [2.75, 3.05) is 19.5 Å². The summed E-state index contributed by atoms with van der Waals surface area (Å²) in [7, 11) is 3.19. The van der Waals surface area contributed by atoms with Crippen LogP contribution in [0, 0.1) is 6.92 Å². The van der Waals surface area contributed by atoms with Crippen molar-refractivity contribution < 1.29 is 19.4 Å². The maximum atomic E-state index is 11.0. The van der Waals surface area contributed by atoms with E-state index in [2.05, 4.69) is 21.2 Å². The fourth-order valence-electron chi connectivity index (χ4n) is 2.31. The van der Waals surface area contributed by atoms with Crippen molar-refractivity contribution in [2.24, 2.45) is 0 Å². The van der Waals surface area contributed by atoms with Gasteiger partial charge in [-0.05, 0) is 42.8 Å². The second-order valence-corrected chi connectivity index (χ2v) is 5.80. The molecule has 0 aromatic heterocycles. The molecule has 0 spiro atoms. The second-order valence-electron chi connectivity index (χ2n) is 4.95. The number of hydrogen-bond acceptors (Lipinski definition) is 4. The number of carboxylic acid groups (broad SMARTS) is 1. The van der Waals surface area contributed by atoms with Crippen molar-refractivity contribution in [3.63, 3.8) is 0 Å². The summed E-state index contributed by atoms with van der Waals surface area (Å²) in [5.41, 5.74) is 2.93. The first-order valence-electron chi connectivity index (χ1n) is 6.95. The summed E-state index contributed by atoms with van der Waals surface area (Å²) in [4.78, 5) is 11.0. The number of nitrogens with one attached hydrogen (secondary N) is 1. The maximum Gasteiger partial charge on any atom is 0.335 e. The average Bonchev–Trinajstić information content (AvgIpc) is 2.54. The van der Waals surface area contributed by atoms with Crippen LogP contribution in [0.1, 0.15) is 21.5 Å². The zero-order valence-corrected chi connectivity index (χ0v) is 14.7. The molecule has 0 radical (unpaired) electrons. The minimum atomic E-state index is -0.933. The third-order valence-corrected chi connectivity index (χ3v) is 4.26. The van der Waals surface area contributed by atoms with E-state index in [1.54, 1.807) is 32.4 Å². The highest BCUT2D eigenvalue weighted by atomic mass is 79.9. The molecule has 2 aromatic rings.